The highest BCUT2D eigenvalue weighted by atomic mass is 32.2. The molecule has 1 fully saturated rings. The van der Waals surface area contributed by atoms with Gasteiger partial charge in [0, 0.05) is 35.4 Å². The van der Waals surface area contributed by atoms with Gasteiger partial charge >= 0.3 is 0 Å². The van der Waals surface area contributed by atoms with Crippen molar-refractivity contribution in [2.24, 2.45) is 5.92 Å². The van der Waals surface area contributed by atoms with Crippen LogP contribution in [-0.4, -0.2) is 22.8 Å². The van der Waals surface area contributed by atoms with Crippen LogP contribution in [0, 0.1) is 5.92 Å². The van der Waals surface area contributed by atoms with Gasteiger partial charge in [-0.1, -0.05) is 49.6 Å². The van der Waals surface area contributed by atoms with Gasteiger partial charge < -0.3 is 5.32 Å². The average molecular weight is 279 g/mol. The molecule has 0 spiro atoms. The molecule has 3 heteroatoms. The predicted octanol–water partition coefficient (Wildman–Crippen LogP) is 3.28. The summed E-state index contributed by atoms with van der Waals surface area (Å²) in [6, 6.07) is 11.2. The minimum atomic E-state index is -0.706. The van der Waals surface area contributed by atoms with Gasteiger partial charge in [-0.05, 0) is 24.3 Å². The smallest absolute Gasteiger partial charge is 0.0357 e. The third kappa shape index (κ3) is 4.73. The predicted molar refractivity (Wildman–Crippen MR) is 82.7 cm³/mol. The summed E-state index contributed by atoms with van der Waals surface area (Å²) < 4.78 is 11.2. The average Bonchev–Trinajstić information content (AvgIpc) is 2.45. The maximum absolute atomic E-state index is 11.2. The summed E-state index contributed by atoms with van der Waals surface area (Å²) in [5.74, 6) is 1.48. The highest BCUT2D eigenvalue weighted by molar-refractivity contribution is 7.84. The Morgan fingerprint density at radius 2 is 1.89 bits per heavy atom. The SMILES string of the molecule is CS(=O)CCNC(c1ccccc1)C1CCCCC1. The van der Waals surface area contributed by atoms with Crippen molar-refractivity contribution in [2.45, 2.75) is 38.1 Å². The van der Waals surface area contributed by atoms with Crippen LogP contribution in [0.15, 0.2) is 30.3 Å². The van der Waals surface area contributed by atoms with E-state index in [1.165, 1.54) is 37.7 Å². The van der Waals surface area contributed by atoms with E-state index in [0.717, 1.165) is 18.2 Å². The van der Waals surface area contributed by atoms with Crippen molar-refractivity contribution in [1.29, 1.82) is 0 Å². The number of benzene rings is 1. The van der Waals surface area contributed by atoms with Gasteiger partial charge in [0.25, 0.3) is 0 Å². The highest BCUT2D eigenvalue weighted by Gasteiger charge is 2.24. The first-order chi connectivity index (χ1) is 9.27. The van der Waals surface area contributed by atoms with Crippen LogP contribution in [0.5, 0.6) is 0 Å². The highest BCUT2D eigenvalue weighted by Crippen LogP contribution is 2.34. The Morgan fingerprint density at radius 1 is 1.21 bits per heavy atom. The lowest BCUT2D eigenvalue weighted by Gasteiger charge is -2.31. The zero-order valence-electron chi connectivity index (χ0n) is 11.8. The van der Waals surface area contributed by atoms with Crippen molar-refractivity contribution in [1.82, 2.24) is 5.32 Å². The van der Waals surface area contributed by atoms with E-state index in [-0.39, 0.29) is 0 Å². The molecule has 1 aliphatic rings. The normalized spacial score (nSPS) is 20.1. The second kappa shape index (κ2) is 7.81. The molecule has 0 heterocycles. The van der Waals surface area contributed by atoms with Gasteiger partial charge in [-0.2, -0.15) is 0 Å². The minimum Gasteiger partial charge on any atom is -0.309 e. The lowest BCUT2D eigenvalue weighted by atomic mass is 9.81. The number of hydrogen-bond donors (Lipinski definition) is 1. The molecule has 106 valence electrons. The van der Waals surface area contributed by atoms with Gasteiger partial charge in [-0.3, -0.25) is 4.21 Å². The first kappa shape index (κ1) is 14.7. The third-order valence-electron chi connectivity index (χ3n) is 4.03. The molecule has 1 aliphatic carbocycles. The molecule has 2 nitrogen and oxygen atoms in total. The van der Waals surface area contributed by atoms with E-state index >= 15 is 0 Å². The van der Waals surface area contributed by atoms with Gasteiger partial charge in [-0.25, -0.2) is 0 Å². The van der Waals surface area contributed by atoms with Crippen molar-refractivity contribution in [3.8, 4) is 0 Å². The Balaban J connectivity index is 2.01. The van der Waals surface area contributed by atoms with E-state index in [1.54, 1.807) is 6.26 Å². The maximum atomic E-state index is 11.2. The molecule has 2 unspecified atom stereocenters. The van der Waals surface area contributed by atoms with Crippen LogP contribution in [0.4, 0.5) is 0 Å². The molecule has 0 aromatic heterocycles. The zero-order valence-corrected chi connectivity index (χ0v) is 12.6. The van der Waals surface area contributed by atoms with Gasteiger partial charge in [0.15, 0.2) is 0 Å². The van der Waals surface area contributed by atoms with E-state index in [9.17, 15) is 4.21 Å². The van der Waals surface area contributed by atoms with Gasteiger partial charge in [0.1, 0.15) is 0 Å². The summed E-state index contributed by atoms with van der Waals surface area (Å²) in [5, 5.41) is 3.64. The van der Waals surface area contributed by atoms with Crippen molar-refractivity contribution < 1.29 is 4.21 Å². The molecule has 2 atom stereocenters. The Labute approximate surface area is 119 Å². The molecule has 0 aliphatic heterocycles. The van der Waals surface area contributed by atoms with E-state index in [1.807, 2.05) is 0 Å². The van der Waals surface area contributed by atoms with Crippen LogP contribution in [0.3, 0.4) is 0 Å². The zero-order chi connectivity index (χ0) is 13.5. The van der Waals surface area contributed by atoms with Crippen LogP contribution in [0.25, 0.3) is 0 Å². The van der Waals surface area contributed by atoms with E-state index < -0.39 is 10.8 Å². The van der Waals surface area contributed by atoms with E-state index in [2.05, 4.69) is 35.6 Å². The van der Waals surface area contributed by atoms with Crippen LogP contribution < -0.4 is 5.32 Å². The second-order valence-corrected chi connectivity index (χ2v) is 7.07. The number of hydrogen-bond acceptors (Lipinski definition) is 2. The standard InChI is InChI=1S/C16H25NOS/c1-19(18)13-12-17-16(14-8-4-2-5-9-14)15-10-6-3-7-11-15/h2,4-5,8-9,15-17H,3,6-7,10-13H2,1H3. The van der Waals surface area contributed by atoms with Crippen molar-refractivity contribution in [3.05, 3.63) is 35.9 Å². The molecule has 19 heavy (non-hydrogen) atoms. The molecule has 1 aromatic rings. The lowest BCUT2D eigenvalue weighted by molar-refractivity contribution is 0.275. The fourth-order valence-corrected chi connectivity index (χ4v) is 3.45. The van der Waals surface area contributed by atoms with Gasteiger partial charge in [0.05, 0.1) is 0 Å². The topological polar surface area (TPSA) is 29.1 Å². The Hall–Kier alpha value is -0.670. The Morgan fingerprint density at radius 3 is 2.53 bits per heavy atom. The summed E-state index contributed by atoms with van der Waals surface area (Å²) in [7, 11) is -0.706. The second-order valence-electron chi connectivity index (χ2n) is 5.52. The fourth-order valence-electron chi connectivity index (χ4n) is 3.04. The van der Waals surface area contributed by atoms with Crippen LogP contribution in [0.1, 0.15) is 43.7 Å². The molecule has 1 N–H and O–H groups in total. The molecule has 0 saturated heterocycles. The van der Waals surface area contributed by atoms with Crippen molar-refractivity contribution in [3.63, 3.8) is 0 Å². The van der Waals surface area contributed by atoms with Crippen LogP contribution in [0.2, 0.25) is 0 Å². The molecule has 0 amide bonds. The monoisotopic (exact) mass is 279 g/mol. The largest absolute Gasteiger partial charge is 0.309 e. The summed E-state index contributed by atoms with van der Waals surface area (Å²) >= 11 is 0. The van der Waals surface area contributed by atoms with E-state index in [4.69, 9.17) is 0 Å². The minimum absolute atomic E-state index is 0.435. The molecular weight excluding hydrogens is 254 g/mol. The molecule has 2 rings (SSSR count). The summed E-state index contributed by atoms with van der Waals surface area (Å²) in [6.07, 6.45) is 8.52. The third-order valence-corrected chi connectivity index (χ3v) is 4.81. The molecule has 1 saturated carbocycles. The van der Waals surface area contributed by atoms with Gasteiger partial charge in [-0.15, -0.1) is 0 Å². The first-order valence-electron chi connectivity index (χ1n) is 7.36. The van der Waals surface area contributed by atoms with Crippen LogP contribution in [-0.2, 0) is 10.8 Å². The summed E-state index contributed by atoms with van der Waals surface area (Å²) in [6.45, 7) is 0.846. The first-order valence-corrected chi connectivity index (χ1v) is 9.08. The Kier molecular flexibility index (Phi) is 6.05. The number of nitrogens with one attached hydrogen (secondary N) is 1. The van der Waals surface area contributed by atoms with E-state index in [0.29, 0.717) is 6.04 Å². The quantitative estimate of drug-likeness (QED) is 0.866. The fraction of sp³-hybridized carbons (Fsp3) is 0.625. The molecule has 1 aromatic carbocycles. The number of rotatable bonds is 6. The maximum Gasteiger partial charge on any atom is 0.0357 e. The molecule has 0 bridgehead atoms. The van der Waals surface area contributed by atoms with Crippen LogP contribution >= 0.6 is 0 Å². The van der Waals surface area contributed by atoms with Crippen molar-refractivity contribution in [2.75, 3.05) is 18.6 Å². The summed E-state index contributed by atoms with van der Waals surface area (Å²) in [5.41, 5.74) is 1.39. The molecular formula is C16H25NOS. The van der Waals surface area contributed by atoms with Crippen molar-refractivity contribution >= 4 is 10.8 Å². The molecule has 0 radical (unpaired) electrons. The lowest BCUT2D eigenvalue weighted by Crippen LogP contribution is -2.32. The summed E-state index contributed by atoms with van der Waals surface area (Å²) in [4.78, 5) is 0. The Bertz CT molecular complexity index is 387. The van der Waals surface area contributed by atoms with Gasteiger partial charge in [0.2, 0.25) is 0 Å².